The first kappa shape index (κ1) is 15.3. The summed E-state index contributed by atoms with van der Waals surface area (Å²) in [6, 6.07) is 4.15. The highest BCUT2D eigenvalue weighted by atomic mass is 16.5. The predicted molar refractivity (Wildman–Crippen MR) is 77.4 cm³/mol. The molecule has 3 N–H and O–H groups in total. The van der Waals surface area contributed by atoms with Crippen molar-refractivity contribution in [3.63, 3.8) is 0 Å². The molecule has 1 aliphatic heterocycles. The summed E-state index contributed by atoms with van der Waals surface area (Å²) in [5.41, 5.74) is 2.83. The predicted octanol–water partition coefficient (Wildman–Crippen LogP) is 0.270. The van der Waals surface area contributed by atoms with Crippen molar-refractivity contribution in [3.8, 4) is 11.5 Å². The molecule has 1 heterocycles. The minimum absolute atomic E-state index is 0.0285. The molecule has 1 amide bonds. The van der Waals surface area contributed by atoms with Gasteiger partial charge in [-0.15, -0.1) is 0 Å². The van der Waals surface area contributed by atoms with Gasteiger partial charge in [-0.3, -0.25) is 9.69 Å². The molecule has 1 aromatic rings. The molecular formula is C14H19N3O4. The number of morpholine rings is 1. The maximum atomic E-state index is 11.6. The Balaban J connectivity index is 1.73. The SMILES string of the molecule is O=C(CCN1CCOCC1)NN=Cc1ccc(O)cc1O. The second-order valence-electron chi connectivity index (χ2n) is 4.74. The van der Waals surface area contributed by atoms with E-state index in [-0.39, 0.29) is 17.4 Å². The van der Waals surface area contributed by atoms with Crippen molar-refractivity contribution in [2.45, 2.75) is 6.42 Å². The second kappa shape index (κ2) is 7.61. The number of amides is 1. The van der Waals surface area contributed by atoms with Crippen LogP contribution in [0.5, 0.6) is 11.5 Å². The normalized spacial score (nSPS) is 16.2. The van der Waals surface area contributed by atoms with Gasteiger partial charge in [0.15, 0.2) is 0 Å². The molecule has 0 aromatic heterocycles. The minimum Gasteiger partial charge on any atom is -0.508 e. The van der Waals surface area contributed by atoms with Gasteiger partial charge in [0.25, 0.3) is 0 Å². The molecule has 1 fully saturated rings. The first-order chi connectivity index (χ1) is 10.1. The lowest BCUT2D eigenvalue weighted by Gasteiger charge is -2.25. The standard InChI is InChI=1S/C14H19N3O4/c18-12-2-1-11(13(19)9-12)10-15-16-14(20)3-4-17-5-7-21-8-6-17/h1-2,9-10,18-19H,3-8H2,(H,16,20). The van der Waals surface area contributed by atoms with E-state index in [0.717, 1.165) is 13.1 Å². The number of ether oxygens (including phenoxy) is 1. The van der Waals surface area contributed by atoms with Crippen molar-refractivity contribution in [2.75, 3.05) is 32.8 Å². The molecule has 0 spiro atoms. The van der Waals surface area contributed by atoms with Crippen LogP contribution in [-0.4, -0.2) is 60.1 Å². The van der Waals surface area contributed by atoms with Crippen LogP contribution in [0.3, 0.4) is 0 Å². The number of hydrogen-bond acceptors (Lipinski definition) is 6. The third kappa shape index (κ3) is 5.05. The van der Waals surface area contributed by atoms with Gasteiger partial charge in [0, 0.05) is 37.7 Å². The van der Waals surface area contributed by atoms with Crippen molar-refractivity contribution in [1.82, 2.24) is 10.3 Å². The lowest BCUT2D eigenvalue weighted by Crippen LogP contribution is -2.38. The molecular weight excluding hydrogens is 274 g/mol. The molecule has 1 aliphatic rings. The number of aromatic hydroxyl groups is 2. The number of phenols is 2. The number of hydrogen-bond donors (Lipinski definition) is 3. The first-order valence-corrected chi connectivity index (χ1v) is 6.79. The number of nitrogens with zero attached hydrogens (tertiary/aromatic N) is 2. The average Bonchev–Trinajstić information content (AvgIpc) is 2.48. The Morgan fingerprint density at radius 1 is 1.38 bits per heavy atom. The Morgan fingerprint density at radius 2 is 2.14 bits per heavy atom. The van der Waals surface area contributed by atoms with E-state index in [2.05, 4.69) is 15.4 Å². The van der Waals surface area contributed by atoms with Gasteiger partial charge in [0.1, 0.15) is 11.5 Å². The Hall–Kier alpha value is -2.12. The van der Waals surface area contributed by atoms with Gasteiger partial charge in [0.05, 0.1) is 19.4 Å². The van der Waals surface area contributed by atoms with E-state index in [1.54, 1.807) is 0 Å². The van der Waals surface area contributed by atoms with Crippen LogP contribution in [0.2, 0.25) is 0 Å². The molecule has 7 nitrogen and oxygen atoms in total. The van der Waals surface area contributed by atoms with Crippen molar-refractivity contribution >= 4 is 12.1 Å². The van der Waals surface area contributed by atoms with Crippen LogP contribution in [0.4, 0.5) is 0 Å². The van der Waals surface area contributed by atoms with Crippen LogP contribution in [0, 0.1) is 0 Å². The summed E-state index contributed by atoms with van der Waals surface area (Å²) in [6.45, 7) is 3.78. The quantitative estimate of drug-likeness (QED) is 0.535. The fraction of sp³-hybridized carbons (Fsp3) is 0.429. The summed E-state index contributed by atoms with van der Waals surface area (Å²) in [4.78, 5) is 13.8. The Morgan fingerprint density at radius 3 is 2.86 bits per heavy atom. The smallest absolute Gasteiger partial charge is 0.241 e. The monoisotopic (exact) mass is 293 g/mol. The first-order valence-electron chi connectivity index (χ1n) is 6.79. The third-order valence-electron chi connectivity index (χ3n) is 3.17. The van der Waals surface area contributed by atoms with Crippen molar-refractivity contribution in [1.29, 1.82) is 0 Å². The van der Waals surface area contributed by atoms with E-state index in [4.69, 9.17) is 9.84 Å². The van der Waals surface area contributed by atoms with Gasteiger partial charge in [0.2, 0.25) is 5.91 Å². The van der Waals surface area contributed by atoms with Gasteiger partial charge >= 0.3 is 0 Å². The second-order valence-corrected chi connectivity index (χ2v) is 4.74. The Labute approximate surface area is 122 Å². The number of benzene rings is 1. The molecule has 2 rings (SSSR count). The number of carbonyl (C=O) groups excluding carboxylic acids is 1. The van der Waals surface area contributed by atoms with E-state index >= 15 is 0 Å². The zero-order valence-electron chi connectivity index (χ0n) is 11.7. The molecule has 0 radical (unpaired) electrons. The summed E-state index contributed by atoms with van der Waals surface area (Å²) in [5, 5.41) is 22.5. The molecule has 1 aromatic carbocycles. The number of carbonyl (C=O) groups is 1. The fourth-order valence-corrected chi connectivity index (χ4v) is 1.96. The molecule has 0 atom stereocenters. The molecule has 0 unspecified atom stereocenters. The molecule has 7 heteroatoms. The molecule has 114 valence electrons. The van der Waals surface area contributed by atoms with Gasteiger partial charge in [-0.05, 0) is 12.1 Å². The van der Waals surface area contributed by atoms with Crippen molar-refractivity contribution in [2.24, 2.45) is 5.10 Å². The van der Waals surface area contributed by atoms with Crippen molar-refractivity contribution in [3.05, 3.63) is 23.8 Å². The molecule has 0 bridgehead atoms. The summed E-state index contributed by atoms with van der Waals surface area (Å²) in [6.07, 6.45) is 1.69. The van der Waals surface area contributed by atoms with Gasteiger partial charge in [-0.2, -0.15) is 5.10 Å². The van der Waals surface area contributed by atoms with Crippen LogP contribution in [-0.2, 0) is 9.53 Å². The summed E-state index contributed by atoms with van der Waals surface area (Å²) < 4.78 is 5.23. The van der Waals surface area contributed by atoms with E-state index in [1.165, 1.54) is 24.4 Å². The van der Waals surface area contributed by atoms with Gasteiger partial charge in [-0.25, -0.2) is 5.43 Å². The molecule has 1 saturated heterocycles. The molecule has 0 saturated carbocycles. The molecule has 21 heavy (non-hydrogen) atoms. The minimum atomic E-state index is -0.184. The van der Waals surface area contributed by atoms with Crippen LogP contribution >= 0.6 is 0 Å². The van der Waals surface area contributed by atoms with Crippen LogP contribution in [0.1, 0.15) is 12.0 Å². The maximum absolute atomic E-state index is 11.6. The maximum Gasteiger partial charge on any atom is 0.241 e. The number of rotatable bonds is 5. The van der Waals surface area contributed by atoms with Gasteiger partial charge in [-0.1, -0.05) is 0 Å². The van der Waals surface area contributed by atoms with E-state index in [0.29, 0.717) is 31.7 Å². The van der Waals surface area contributed by atoms with E-state index in [9.17, 15) is 9.90 Å². The lowest BCUT2D eigenvalue weighted by molar-refractivity contribution is -0.121. The zero-order valence-corrected chi connectivity index (χ0v) is 11.7. The molecule has 0 aliphatic carbocycles. The van der Waals surface area contributed by atoms with Crippen molar-refractivity contribution < 1.29 is 19.7 Å². The topological polar surface area (TPSA) is 94.4 Å². The summed E-state index contributed by atoms with van der Waals surface area (Å²) in [7, 11) is 0. The summed E-state index contributed by atoms with van der Waals surface area (Å²) >= 11 is 0. The zero-order chi connectivity index (χ0) is 15.1. The van der Waals surface area contributed by atoms with Crippen LogP contribution in [0.15, 0.2) is 23.3 Å². The lowest BCUT2D eigenvalue weighted by atomic mass is 10.2. The van der Waals surface area contributed by atoms with E-state index in [1.807, 2.05) is 0 Å². The van der Waals surface area contributed by atoms with Gasteiger partial charge < -0.3 is 14.9 Å². The highest BCUT2D eigenvalue weighted by Crippen LogP contribution is 2.20. The Kier molecular flexibility index (Phi) is 5.53. The highest BCUT2D eigenvalue weighted by Gasteiger charge is 2.11. The van der Waals surface area contributed by atoms with Crippen LogP contribution < -0.4 is 5.43 Å². The fourth-order valence-electron chi connectivity index (χ4n) is 1.96. The largest absolute Gasteiger partial charge is 0.508 e. The highest BCUT2D eigenvalue weighted by molar-refractivity contribution is 5.85. The van der Waals surface area contributed by atoms with Crippen LogP contribution in [0.25, 0.3) is 0 Å². The Bertz CT molecular complexity index is 513. The summed E-state index contributed by atoms with van der Waals surface area (Å²) in [5.74, 6) is -0.309. The number of nitrogens with one attached hydrogen (secondary N) is 1. The number of hydrazone groups is 1. The third-order valence-corrected chi connectivity index (χ3v) is 3.17. The van der Waals surface area contributed by atoms with E-state index < -0.39 is 0 Å². The average molecular weight is 293 g/mol. The number of phenolic OH excluding ortho intramolecular Hbond substituents is 2.